The maximum absolute atomic E-state index is 12.5. The minimum atomic E-state index is -0.0619. The van der Waals surface area contributed by atoms with Crippen LogP contribution in [0.4, 0.5) is 0 Å². The first-order valence-electron chi connectivity index (χ1n) is 10.8. The van der Waals surface area contributed by atoms with Gasteiger partial charge in [-0.25, -0.2) is 0 Å². The minimum absolute atomic E-state index is 0.0619. The zero-order chi connectivity index (χ0) is 21.6. The van der Waals surface area contributed by atoms with Gasteiger partial charge in [0.1, 0.15) is 11.5 Å². The number of piperazine rings is 1. The Kier molecular flexibility index (Phi) is 6.93. The summed E-state index contributed by atoms with van der Waals surface area (Å²) in [6, 6.07) is 7.61. The molecule has 2 aromatic rings. The van der Waals surface area contributed by atoms with E-state index in [2.05, 4.69) is 26.2 Å². The quantitative estimate of drug-likeness (QED) is 0.571. The van der Waals surface area contributed by atoms with Gasteiger partial charge >= 0.3 is 0 Å². The lowest BCUT2D eigenvalue weighted by Gasteiger charge is -2.37. The molecule has 2 saturated heterocycles. The van der Waals surface area contributed by atoms with E-state index < -0.39 is 0 Å². The number of aliphatic imine (C=N–C) groups is 1. The van der Waals surface area contributed by atoms with Gasteiger partial charge < -0.3 is 28.7 Å². The molecule has 1 amide bonds. The van der Waals surface area contributed by atoms with Crippen LogP contribution >= 0.6 is 0 Å². The summed E-state index contributed by atoms with van der Waals surface area (Å²) in [4.78, 5) is 23.4. The SMILES string of the molecule is CN=C(NCC(c1ccc(C)o1)N1CCOCC1)N1CCN(C(=O)c2ccco2)CC1. The Hall–Kier alpha value is -2.78. The zero-order valence-electron chi connectivity index (χ0n) is 18.2. The summed E-state index contributed by atoms with van der Waals surface area (Å²) in [5, 5.41) is 3.53. The fraction of sp³-hybridized carbons (Fsp3) is 0.545. The topological polar surface area (TPSA) is 86.7 Å². The molecule has 2 fully saturated rings. The van der Waals surface area contributed by atoms with E-state index in [-0.39, 0.29) is 11.9 Å². The van der Waals surface area contributed by atoms with Gasteiger partial charge in [0, 0.05) is 52.9 Å². The second-order valence-corrected chi connectivity index (χ2v) is 7.80. The Balaban J connectivity index is 1.35. The number of hydrogen-bond acceptors (Lipinski definition) is 6. The van der Waals surface area contributed by atoms with E-state index in [0.29, 0.717) is 38.5 Å². The number of nitrogens with zero attached hydrogens (tertiary/aromatic N) is 4. The average Bonchev–Trinajstić information content (AvgIpc) is 3.49. The fourth-order valence-corrected chi connectivity index (χ4v) is 4.13. The van der Waals surface area contributed by atoms with Crippen molar-refractivity contribution in [2.24, 2.45) is 4.99 Å². The molecule has 2 aromatic heterocycles. The van der Waals surface area contributed by atoms with Crippen LogP contribution in [-0.4, -0.2) is 92.6 Å². The van der Waals surface area contributed by atoms with Gasteiger partial charge in [0.2, 0.25) is 0 Å². The predicted octanol–water partition coefficient (Wildman–Crippen LogP) is 1.59. The zero-order valence-corrected chi connectivity index (χ0v) is 18.2. The molecule has 31 heavy (non-hydrogen) atoms. The number of ether oxygens (including phenoxy) is 1. The fourth-order valence-electron chi connectivity index (χ4n) is 4.13. The van der Waals surface area contributed by atoms with E-state index in [1.54, 1.807) is 19.2 Å². The van der Waals surface area contributed by atoms with Crippen molar-refractivity contribution < 1.29 is 18.4 Å². The van der Waals surface area contributed by atoms with Gasteiger partial charge in [-0.3, -0.25) is 14.7 Å². The monoisotopic (exact) mass is 429 g/mol. The number of carbonyl (C=O) groups is 1. The Bertz CT molecular complexity index is 864. The molecule has 0 spiro atoms. The van der Waals surface area contributed by atoms with Crippen molar-refractivity contribution in [3.05, 3.63) is 47.8 Å². The standard InChI is InChI=1S/C22H31N5O4/c1-17-5-6-19(31-17)18(25-11-14-29-15-12-25)16-24-22(23-2)27-9-7-26(8-10-27)21(28)20-4-3-13-30-20/h3-6,13,18H,7-12,14-16H2,1-2H3,(H,23,24). The number of furan rings is 2. The summed E-state index contributed by atoms with van der Waals surface area (Å²) >= 11 is 0. The summed E-state index contributed by atoms with van der Waals surface area (Å²) < 4.78 is 16.7. The molecule has 2 aliphatic heterocycles. The summed E-state index contributed by atoms with van der Waals surface area (Å²) in [6.45, 7) is 8.56. The highest BCUT2D eigenvalue weighted by molar-refractivity contribution is 5.91. The number of nitrogens with one attached hydrogen (secondary N) is 1. The van der Waals surface area contributed by atoms with Crippen molar-refractivity contribution in [1.29, 1.82) is 0 Å². The lowest BCUT2D eigenvalue weighted by molar-refractivity contribution is 0.0123. The van der Waals surface area contributed by atoms with Crippen molar-refractivity contribution in [2.75, 3.05) is 66.1 Å². The molecule has 0 bridgehead atoms. The molecule has 4 heterocycles. The van der Waals surface area contributed by atoms with Gasteiger partial charge in [0.05, 0.1) is 25.5 Å². The molecule has 0 saturated carbocycles. The Morgan fingerprint density at radius 2 is 1.84 bits per heavy atom. The van der Waals surface area contributed by atoms with E-state index in [1.807, 2.05) is 17.9 Å². The summed E-state index contributed by atoms with van der Waals surface area (Å²) in [6.07, 6.45) is 1.53. The van der Waals surface area contributed by atoms with E-state index in [9.17, 15) is 4.79 Å². The lowest BCUT2D eigenvalue weighted by atomic mass is 10.1. The number of rotatable bonds is 5. The molecule has 9 nitrogen and oxygen atoms in total. The first kappa shape index (κ1) is 21.5. The lowest BCUT2D eigenvalue weighted by Crippen LogP contribution is -2.54. The van der Waals surface area contributed by atoms with E-state index in [4.69, 9.17) is 13.6 Å². The highest BCUT2D eigenvalue weighted by Gasteiger charge is 2.28. The van der Waals surface area contributed by atoms with Crippen molar-refractivity contribution in [3.8, 4) is 0 Å². The van der Waals surface area contributed by atoms with Crippen LogP contribution in [0.25, 0.3) is 0 Å². The van der Waals surface area contributed by atoms with Crippen LogP contribution in [0, 0.1) is 6.92 Å². The van der Waals surface area contributed by atoms with Crippen molar-refractivity contribution >= 4 is 11.9 Å². The second kappa shape index (κ2) is 10.0. The third-order valence-corrected chi connectivity index (χ3v) is 5.84. The van der Waals surface area contributed by atoms with Gasteiger partial charge in [-0.05, 0) is 31.2 Å². The van der Waals surface area contributed by atoms with E-state index >= 15 is 0 Å². The number of amides is 1. The van der Waals surface area contributed by atoms with Crippen molar-refractivity contribution in [3.63, 3.8) is 0 Å². The maximum atomic E-state index is 12.5. The molecule has 4 rings (SSSR count). The molecule has 0 aliphatic carbocycles. The largest absolute Gasteiger partial charge is 0.465 e. The number of hydrogen-bond donors (Lipinski definition) is 1. The third-order valence-electron chi connectivity index (χ3n) is 5.84. The molecular weight excluding hydrogens is 398 g/mol. The summed E-state index contributed by atoms with van der Waals surface area (Å²) in [7, 11) is 1.80. The Morgan fingerprint density at radius 3 is 2.45 bits per heavy atom. The smallest absolute Gasteiger partial charge is 0.289 e. The normalized spacial score (nSPS) is 19.5. The van der Waals surface area contributed by atoms with Crippen molar-refractivity contribution in [1.82, 2.24) is 20.0 Å². The first-order valence-corrected chi connectivity index (χ1v) is 10.8. The summed E-state index contributed by atoms with van der Waals surface area (Å²) in [5.74, 6) is 3.03. The van der Waals surface area contributed by atoms with Crippen LogP contribution in [0.2, 0.25) is 0 Å². The first-order chi connectivity index (χ1) is 15.2. The van der Waals surface area contributed by atoms with Crippen LogP contribution in [0.1, 0.15) is 28.1 Å². The Labute approximate surface area is 182 Å². The highest BCUT2D eigenvalue weighted by Crippen LogP contribution is 2.23. The average molecular weight is 430 g/mol. The third kappa shape index (κ3) is 5.11. The molecule has 1 N–H and O–H groups in total. The maximum Gasteiger partial charge on any atom is 0.289 e. The van der Waals surface area contributed by atoms with E-state index in [0.717, 1.165) is 43.8 Å². The molecule has 2 aliphatic rings. The van der Waals surface area contributed by atoms with Crippen LogP contribution in [0.15, 0.2) is 44.4 Å². The minimum Gasteiger partial charge on any atom is -0.465 e. The van der Waals surface area contributed by atoms with Gasteiger partial charge in [-0.1, -0.05) is 0 Å². The highest BCUT2D eigenvalue weighted by atomic mass is 16.5. The van der Waals surface area contributed by atoms with Crippen molar-refractivity contribution in [2.45, 2.75) is 13.0 Å². The number of carbonyl (C=O) groups excluding carboxylic acids is 1. The molecule has 0 aromatic carbocycles. The number of guanidine groups is 1. The van der Waals surface area contributed by atoms with Crippen LogP contribution in [-0.2, 0) is 4.74 Å². The van der Waals surface area contributed by atoms with Crippen LogP contribution in [0.5, 0.6) is 0 Å². The molecule has 1 unspecified atom stereocenters. The summed E-state index contributed by atoms with van der Waals surface area (Å²) in [5.41, 5.74) is 0. The van der Waals surface area contributed by atoms with E-state index in [1.165, 1.54) is 6.26 Å². The molecular formula is C22H31N5O4. The van der Waals surface area contributed by atoms with Gasteiger partial charge in [0.15, 0.2) is 11.7 Å². The van der Waals surface area contributed by atoms with Gasteiger partial charge in [-0.15, -0.1) is 0 Å². The van der Waals surface area contributed by atoms with Crippen LogP contribution < -0.4 is 5.32 Å². The number of aryl methyl sites for hydroxylation is 1. The Morgan fingerprint density at radius 1 is 1.10 bits per heavy atom. The molecule has 168 valence electrons. The van der Waals surface area contributed by atoms with Crippen LogP contribution in [0.3, 0.4) is 0 Å². The second-order valence-electron chi connectivity index (χ2n) is 7.80. The molecule has 0 radical (unpaired) electrons. The number of morpholine rings is 1. The van der Waals surface area contributed by atoms with Gasteiger partial charge in [0.25, 0.3) is 5.91 Å². The molecule has 1 atom stereocenters. The molecule has 9 heteroatoms. The van der Waals surface area contributed by atoms with Gasteiger partial charge in [-0.2, -0.15) is 0 Å². The predicted molar refractivity (Wildman–Crippen MR) is 116 cm³/mol.